The van der Waals surface area contributed by atoms with Crippen LogP contribution in [0.2, 0.25) is 0 Å². The molecule has 2 saturated heterocycles. The van der Waals surface area contributed by atoms with E-state index in [4.69, 9.17) is 0 Å². The second kappa shape index (κ2) is 5.24. The third kappa shape index (κ3) is 2.40. The fourth-order valence-corrected chi connectivity index (χ4v) is 2.90. The Hall–Kier alpha value is -1.89. The maximum Gasteiger partial charge on any atom is 0.228 e. The van der Waals surface area contributed by atoms with Crippen molar-refractivity contribution in [3.05, 3.63) is 12.4 Å². The topological polar surface area (TPSA) is 81.3 Å². The van der Waals surface area contributed by atoms with E-state index in [1.807, 2.05) is 4.90 Å². The summed E-state index contributed by atoms with van der Waals surface area (Å²) in [6, 6.07) is 0.315. The standard InChI is InChI=1S/C13H19N5O2/c1-9-7-17(3-2-14-9)13(20)10-4-12(19)18(8-10)11-5-15-16-6-11/h5-6,9-10,14H,2-4,7-8H2,1H3,(H,15,16). The molecule has 0 bridgehead atoms. The molecular formula is C13H19N5O2. The molecule has 0 radical (unpaired) electrons. The summed E-state index contributed by atoms with van der Waals surface area (Å²) in [6.45, 7) is 4.78. The summed E-state index contributed by atoms with van der Waals surface area (Å²) in [5.74, 6) is -0.145. The van der Waals surface area contributed by atoms with Crippen molar-refractivity contribution in [1.82, 2.24) is 20.4 Å². The lowest BCUT2D eigenvalue weighted by Gasteiger charge is -2.33. The number of H-pyrrole nitrogens is 1. The van der Waals surface area contributed by atoms with E-state index in [1.165, 1.54) is 0 Å². The molecular weight excluding hydrogens is 258 g/mol. The van der Waals surface area contributed by atoms with Gasteiger partial charge in [0.25, 0.3) is 0 Å². The Morgan fingerprint density at radius 2 is 2.30 bits per heavy atom. The number of carbonyl (C=O) groups is 2. The van der Waals surface area contributed by atoms with E-state index in [2.05, 4.69) is 22.4 Å². The van der Waals surface area contributed by atoms with E-state index >= 15 is 0 Å². The quantitative estimate of drug-likeness (QED) is 0.769. The molecule has 0 saturated carbocycles. The first-order valence-corrected chi connectivity index (χ1v) is 6.96. The predicted molar refractivity (Wildman–Crippen MR) is 73.1 cm³/mol. The summed E-state index contributed by atoms with van der Waals surface area (Å²) in [6.07, 6.45) is 3.58. The molecule has 0 aromatic carbocycles. The maximum absolute atomic E-state index is 12.5. The molecule has 20 heavy (non-hydrogen) atoms. The van der Waals surface area contributed by atoms with Gasteiger partial charge in [-0.3, -0.25) is 14.7 Å². The van der Waals surface area contributed by atoms with E-state index in [1.54, 1.807) is 17.3 Å². The smallest absolute Gasteiger partial charge is 0.228 e. The Bertz CT molecular complexity index is 501. The average Bonchev–Trinajstić information content (AvgIpc) is 3.06. The van der Waals surface area contributed by atoms with Gasteiger partial charge in [0.2, 0.25) is 11.8 Å². The maximum atomic E-state index is 12.5. The molecule has 2 aliphatic heterocycles. The Labute approximate surface area is 117 Å². The van der Waals surface area contributed by atoms with Gasteiger partial charge < -0.3 is 15.1 Å². The van der Waals surface area contributed by atoms with E-state index in [9.17, 15) is 9.59 Å². The molecule has 3 heterocycles. The van der Waals surface area contributed by atoms with E-state index in [-0.39, 0.29) is 17.7 Å². The van der Waals surface area contributed by atoms with Crippen molar-refractivity contribution >= 4 is 17.5 Å². The number of hydrogen-bond donors (Lipinski definition) is 2. The van der Waals surface area contributed by atoms with Crippen LogP contribution in [0.4, 0.5) is 5.69 Å². The number of carbonyl (C=O) groups excluding carboxylic acids is 2. The summed E-state index contributed by atoms with van der Waals surface area (Å²) in [4.78, 5) is 28.0. The average molecular weight is 277 g/mol. The first-order valence-electron chi connectivity index (χ1n) is 6.96. The van der Waals surface area contributed by atoms with Crippen molar-refractivity contribution in [3.8, 4) is 0 Å². The summed E-state index contributed by atoms with van der Waals surface area (Å²) in [5, 5.41) is 9.85. The molecule has 2 atom stereocenters. The monoisotopic (exact) mass is 277 g/mol. The van der Waals surface area contributed by atoms with Gasteiger partial charge in [-0.05, 0) is 6.92 Å². The fraction of sp³-hybridized carbons (Fsp3) is 0.615. The second-order valence-corrected chi connectivity index (χ2v) is 5.50. The SMILES string of the molecule is CC1CN(C(=O)C2CC(=O)N(c3cn[nH]c3)C2)CCN1. The molecule has 108 valence electrons. The zero-order valence-corrected chi connectivity index (χ0v) is 11.5. The van der Waals surface area contributed by atoms with Crippen LogP contribution in [0.5, 0.6) is 0 Å². The Morgan fingerprint density at radius 3 is 3.00 bits per heavy atom. The van der Waals surface area contributed by atoms with Gasteiger partial charge in [0.15, 0.2) is 0 Å². The number of amides is 2. The third-order valence-electron chi connectivity index (χ3n) is 3.95. The van der Waals surface area contributed by atoms with Gasteiger partial charge in [-0.25, -0.2) is 0 Å². The summed E-state index contributed by atoms with van der Waals surface area (Å²) >= 11 is 0. The van der Waals surface area contributed by atoms with Crippen LogP contribution in [0.15, 0.2) is 12.4 Å². The normalized spacial score (nSPS) is 27.1. The lowest BCUT2D eigenvalue weighted by atomic mass is 10.1. The van der Waals surface area contributed by atoms with Gasteiger partial charge in [0.05, 0.1) is 17.8 Å². The highest BCUT2D eigenvalue weighted by atomic mass is 16.2. The highest BCUT2D eigenvalue weighted by Gasteiger charge is 2.38. The summed E-state index contributed by atoms with van der Waals surface area (Å²) in [5.41, 5.74) is 0.735. The minimum atomic E-state index is -0.234. The highest BCUT2D eigenvalue weighted by Crippen LogP contribution is 2.25. The number of piperazine rings is 1. The van der Waals surface area contributed by atoms with Crippen LogP contribution in [-0.2, 0) is 9.59 Å². The number of aromatic nitrogens is 2. The van der Waals surface area contributed by atoms with Crippen LogP contribution in [0.3, 0.4) is 0 Å². The minimum Gasteiger partial charge on any atom is -0.340 e. The van der Waals surface area contributed by atoms with E-state index in [0.717, 1.165) is 25.3 Å². The first-order chi connectivity index (χ1) is 9.65. The van der Waals surface area contributed by atoms with E-state index < -0.39 is 0 Å². The Kier molecular flexibility index (Phi) is 3.43. The molecule has 1 aromatic rings. The van der Waals surface area contributed by atoms with Crippen molar-refractivity contribution in [1.29, 1.82) is 0 Å². The Balaban J connectivity index is 1.67. The Morgan fingerprint density at radius 1 is 1.45 bits per heavy atom. The van der Waals surface area contributed by atoms with Crippen molar-refractivity contribution in [2.24, 2.45) is 5.92 Å². The van der Waals surface area contributed by atoms with Crippen LogP contribution in [0, 0.1) is 5.92 Å². The van der Waals surface area contributed by atoms with Crippen LogP contribution in [0.25, 0.3) is 0 Å². The van der Waals surface area contributed by atoms with Gasteiger partial charge in [-0.1, -0.05) is 0 Å². The van der Waals surface area contributed by atoms with Crippen LogP contribution in [-0.4, -0.2) is 59.1 Å². The van der Waals surface area contributed by atoms with Gasteiger partial charge >= 0.3 is 0 Å². The number of anilines is 1. The molecule has 0 spiro atoms. The summed E-state index contributed by atoms with van der Waals surface area (Å²) in [7, 11) is 0. The molecule has 7 nitrogen and oxygen atoms in total. The first kappa shape index (κ1) is 13.1. The summed E-state index contributed by atoms with van der Waals surface area (Å²) < 4.78 is 0. The molecule has 2 aliphatic rings. The van der Waals surface area contributed by atoms with E-state index in [0.29, 0.717) is 19.0 Å². The van der Waals surface area contributed by atoms with Gasteiger partial charge in [0.1, 0.15) is 0 Å². The zero-order chi connectivity index (χ0) is 14.1. The third-order valence-corrected chi connectivity index (χ3v) is 3.95. The zero-order valence-electron chi connectivity index (χ0n) is 11.5. The molecule has 2 N–H and O–H groups in total. The molecule has 2 amide bonds. The molecule has 0 aliphatic carbocycles. The second-order valence-electron chi connectivity index (χ2n) is 5.50. The fourth-order valence-electron chi connectivity index (χ4n) is 2.90. The molecule has 7 heteroatoms. The van der Waals surface area contributed by atoms with Crippen molar-refractivity contribution in [3.63, 3.8) is 0 Å². The highest BCUT2D eigenvalue weighted by molar-refractivity contribution is 6.00. The number of nitrogens with one attached hydrogen (secondary N) is 2. The number of aromatic amines is 1. The van der Waals surface area contributed by atoms with Crippen LogP contribution >= 0.6 is 0 Å². The molecule has 2 unspecified atom stereocenters. The van der Waals surface area contributed by atoms with Crippen molar-refractivity contribution in [2.45, 2.75) is 19.4 Å². The van der Waals surface area contributed by atoms with Crippen molar-refractivity contribution in [2.75, 3.05) is 31.1 Å². The number of hydrogen-bond acceptors (Lipinski definition) is 4. The van der Waals surface area contributed by atoms with Crippen LogP contribution < -0.4 is 10.2 Å². The molecule has 3 rings (SSSR count). The predicted octanol–water partition coefficient (Wildman–Crippen LogP) is -0.417. The lowest BCUT2D eigenvalue weighted by Crippen LogP contribution is -2.53. The molecule has 2 fully saturated rings. The van der Waals surface area contributed by atoms with Crippen molar-refractivity contribution < 1.29 is 9.59 Å². The number of nitrogens with zero attached hydrogens (tertiary/aromatic N) is 3. The largest absolute Gasteiger partial charge is 0.340 e. The van der Waals surface area contributed by atoms with Gasteiger partial charge in [0, 0.05) is 44.8 Å². The lowest BCUT2D eigenvalue weighted by molar-refractivity contribution is -0.136. The number of rotatable bonds is 2. The minimum absolute atomic E-state index is 0.00654. The molecule has 1 aromatic heterocycles. The van der Waals surface area contributed by atoms with Crippen LogP contribution in [0.1, 0.15) is 13.3 Å². The van der Waals surface area contributed by atoms with Gasteiger partial charge in [-0.2, -0.15) is 5.10 Å². The van der Waals surface area contributed by atoms with Gasteiger partial charge in [-0.15, -0.1) is 0 Å².